The van der Waals surface area contributed by atoms with Crippen LogP contribution in [0.1, 0.15) is 69.4 Å². The van der Waals surface area contributed by atoms with Crippen molar-refractivity contribution in [2.75, 3.05) is 37.0 Å². The van der Waals surface area contributed by atoms with Crippen LogP contribution in [0.15, 0.2) is 40.4 Å². The molecule has 8 atom stereocenters. The summed E-state index contributed by atoms with van der Waals surface area (Å²) in [6.07, 6.45) is 8.14. The fraction of sp³-hybridized carbons (Fsp3) is 0.714. The Labute approximate surface area is 284 Å². The van der Waals surface area contributed by atoms with Gasteiger partial charge in [0.25, 0.3) is 0 Å². The van der Waals surface area contributed by atoms with Crippen molar-refractivity contribution in [1.29, 1.82) is 0 Å². The first-order valence-corrected chi connectivity index (χ1v) is 21.9. The molecule has 6 aliphatic rings. The van der Waals surface area contributed by atoms with Crippen molar-refractivity contribution in [2.24, 2.45) is 51.1 Å². The maximum Gasteiger partial charge on any atom is 0.189 e. The summed E-state index contributed by atoms with van der Waals surface area (Å²) < 4.78 is 0. The molecule has 3 heterocycles. The van der Waals surface area contributed by atoms with E-state index in [1.807, 2.05) is 43.2 Å². The van der Waals surface area contributed by atoms with E-state index in [-0.39, 0.29) is 41.4 Å². The van der Waals surface area contributed by atoms with Gasteiger partial charge in [-0.05, 0) is 97.2 Å². The number of hydrogen-bond donors (Lipinski definition) is 4. The lowest BCUT2D eigenvalue weighted by Crippen LogP contribution is -2.62. The third-order valence-corrected chi connectivity index (χ3v) is 17.7. The van der Waals surface area contributed by atoms with Crippen LogP contribution in [0.5, 0.6) is 0 Å². The van der Waals surface area contributed by atoms with Crippen LogP contribution in [0.3, 0.4) is 0 Å². The van der Waals surface area contributed by atoms with Gasteiger partial charge in [0, 0.05) is 60.5 Å². The van der Waals surface area contributed by atoms with Gasteiger partial charge in [0.2, 0.25) is 0 Å². The molecule has 2 spiro atoms. The minimum absolute atomic E-state index is 0.0381. The first kappa shape index (κ1) is 32.8. The topological polar surface area (TPSA) is 108 Å². The predicted molar refractivity (Wildman–Crippen MR) is 192 cm³/mol. The van der Waals surface area contributed by atoms with Crippen molar-refractivity contribution in [2.45, 2.75) is 76.0 Å². The summed E-state index contributed by atoms with van der Waals surface area (Å²) in [6, 6.07) is 9.11. The first-order chi connectivity index (χ1) is 21.8. The van der Waals surface area contributed by atoms with E-state index in [1.165, 1.54) is 16.7 Å². The summed E-state index contributed by atoms with van der Waals surface area (Å²) in [4.78, 5) is 19.1. The second-order valence-corrected chi connectivity index (χ2v) is 20.0. The molecule has 0 amide bonds. The number of ketones is 1. The van der Waals surface area contributed by atoms with Gasteiger partial charge in [-0.15, -0.1) is 0 Å². The molecular weight excluding hydrogens is 639 g/mol. The highest BCUT2D eigenvalue weighted by Gasteiger charge is 2.69. The monoisotopic (exact) mass is 687 g/mol. The number of benzene rings is 1. The maximum atomic E-state index is 14.4. The SMILES string of the molecule is CC12CCSSCC34CC(CSSCc5cccc(c5)CC3CN=C(N)N4)CC3=C4CC1CC(CO)C(CCCO)C42CC3=O. The number of guanidine groups is 1. The van der Waals surface area contributed by atoms with Crippen LogP contribution in [0.2, 0.25) is 0 Å². The van der Waals surface area contributed by atoms with Gasteiger partial charge in [-0.3, -0.25) is 9.79 Å². The largest absolute Gasteiger partial charge is 0.396 e. The molecule has 246 valence electrons. The van der Waals surface area contributed by atoms with E-state index >= 15 is 0 Å². The Hall–Kier alpha value is -0.780. The number of nitrogens with zero attached hydrogens (tertiary/aromatic N) is 1. The lowest BCUT2D eigenvalue weighted by Gasteiger charge is -2.57. The number of Topliss-reactive ketones (excluding diaryl/α,β-unsaturated/α-hetero) is 1. The van der Waals surface area contributed by atoms with E-state index < -0.39 is 0 Å². The van der Waals surface area contributed by atoms with E-state index in [1.54, 1.807) is 0 Å². The van der Waals surface area contributed by atoms with Gasteiger partial charge in [0.05, 0.1) is 5.54 Å². The average Bonchev–Trinajstić information content (AvgIpc) is 3.35. The number of nitrogens with two attached hydrogens (primary N) is 1. The van der Waals surface area contributed by atoms with E-state index in [9.17, 15) is 15.0 Å². The van der Waals surface area contributed by atoms with Gasteiger partial charge < -0.3 is 21.3 Å². The zero-order valence-corrected chi connectivity index (χ0v) is 29.7. The molecular formula is C35H49N3O3S4. The number of allylic oxidation sites excluding steroid dienone is 2. The number of nitrogens with one attached hydrogen (secondary N) is 1. The molecule has 3 aliphatic carbocycles. The summed E-state index contributed by atoms with van der Waals surface area (Å²) >= 11 is 0. The Kier molecular flexibility index (Phi) is 9.65. The Balaban J connectivity index is 1.32. The van der Waals surface area contributed by atoms with Gasteiger partial charge in [-0.25, -0.2) is 0 Å². The molecule has 3 aliphatic heterocycles. The number of carbonyl (C=O) groups is 1. The van der Waals surface area contributed by atoms with Crippen molar-refractivity contribution in [3.8, 4) is 0 Å². The molecule has 0 aromatic heterocycles. The maximum absolute atomic E-state index is 14.4. The van der Waals surface area contributed by atoms with Gasteiger partial charge in [0.1, 0.15) is 0 Å². The Bertz CT molecular complexity index is 1360. The van der Waals surface area contributed by atoms with Crippen LogP contribution in [0, 0.1) is 40.4 Å². The number of hydrogen-bond acceptors (Lipinski definition) is 10. The smallest absolute Gasteiger partial charge is 0.189 e. The molecule has 0 saturated heterocycles. The summed E-state index contributed by atoms with van der Waals surface area (Å²) in [5, 5.41) is 24.3. The highest BCUT2D eigenvalue weighted by atomic mass is 33.1. The van der Waals surface area contributed by atoms with Crippen LogP contribution < -0.4 is 11.1 Å². The normalized spacial score (nSPS) is 40.1. The molecule has 1 aromatic rings. The molecule has 9 bridgehead atoms. The van der Waals surface area contributed by atoms with Crippen LogP contribution in [0.4, 0.5) is 0 Å². The van der Waals surface area contributed by atoms with Crippen LogP contribution in [0.25, 0.3) is 0 Å². The highest BCUT2D eigenvalue weighted by Crippen LogP contribution is 2.75. The zero-order valence-electron chi connectivity index (χ0n) is 26.5. The number of aliphatic hydroxyl groups excluding tert-OH is 2. The highest BCUT2D eigenvalue weighted by molar-refractivity contribution is 8.76. The van der Waals surface area contributed by atoms with Crippen molar-refractivity contribution in [1.82, 2.24) is 5.32 Å². The average molecular weight is 688 g/mol. The lowest BCUT2D eigenvalue weighted by molar-refractivity contribution is -0.125. The van der Waals surface area contributed by atoms with Gasteiger partial charge in [-0.1, -0.05) is 79.9 Å². The summed E-state index contributed by atoms with van der Waals surface area (Å²) in [7, 11) is 7.91. The second kappa shape index (κ2) is 13.3. The lowest BCUT2D eigenvalue weighted by atomic mass is 9.47. The molecule has 6 nitrogen and oxygen atoms in total. The molecule has 7 rings (SSSR count). The number of rotatable bonds is 4. The van der Waals surface area contributed by atoms with Crippen LogP contribution in [-0.4, -0.2) is 64.5 Å². The van der Waals surface area contributed by atoms with E-state index in [0.717, 1.165) is 86.5 Å². The fourth-order valence-corrected chi connectivity index (χ4v) is 15.9. The molecule has 2 saturated carbocycles. The van der Waals surface area contributed by atoms with Crippen molar-refractivity contribution in [3.05, 3.63) is 46.5 Å². The van der Waals surface area contributed by atoms with Gasteiger partial charge in [0.15, 0.2) is 11.7 Å². The predicted octanol–water partition coefficient (Wildman–Crippen LogP) is 6.26. The number of carbonyl (C=O) groups excluding carboxylic acids is 1. The first-order valence-electron chi connectivity index (χ1n) is 16.9. The molecule has 2 fully saturated rings. The number of aliphatic hydroxyl groups is 2. The van der Waals surface area contributed by atoms with Crippen LogP contribution in [-0.2, 0) is 17.0 Å². The summed E-state index contributed by atoms with van der Waals surface area (Å²) in [5.74, 6) is 6.55. The van der Waals surface area contributed by atoms with E-state index in [0.29, 0.717) is 35.9 Å². The zero-order chi connectivity index (χ0) is 31.2. The van der Waals surface area contributed by atoms with E-state index in [2.05, 4.69) is 36.5 Å². The van der Waals surface area contributed by atoms with Crippen LogP contribution >= 0.6 is 43.2 Å². The quantitative estimate of drug-likeness (QED) is 0.273. The Morgan fingerprint density at radius 1 is 1.09 bits per heavy atom. The standard InChI is InChI=1S/C35H49N3O3S4/c1-33-7-9-42-45-21-34-15-24(20-44-43-19-23-5-2-4-22(10-23)11-27(34)17-37-32(36)38-34)12-28-30-14-26(33)13-25(18-40)29(6-3-8-39)35(30,33)16-31(28)41/h2,4-5,10,24-27,29,39-40H,3,6-9,11-21H2,1H3,(H3,36,37,38). The molecule has 5 N–H and O–H groups in total. The number of aliphatic imine (C=N–C) groups is 1. The minimum atomic E-state index is -0.197. The van der Waals surface area contributed by atoms with E-state index in [4.69, 9.17) is 10.7 Å². The van der Waals surface area contributed by atoms with Crippen molar-refractivity contribution >= 4 is 54.9 Å². The second-order valence-electron chi connectivity index (χ2n) is 14.9. The summed E-state index contributed by atoms with van der Waals surface area (Å²) in [6.45, 7) is 3.58. The molecule has 10 heteroatoms. The fourth-order valence-electron chi connectivity index (χ4n) is 10.6. The summed E-state index contributed by atoms with van der Waals surface area (Å²) in [5.41, 5.74) is 11.5. The Morgan fingerprint density at radius 2 is 1.96 bits per heavy atom. The van der Waals surface area contributed by atoms with Gasteiger partial charge >= 0.3 is 0 Å². The third-order valence-electron chi connectivity index (χ3n) is 12.7. The minimum Gasteiger partial charge on any atom is -0.396 e. The van der Waals surface area contributed by atoms with Crippen molar-refractivity contribution < 1.29 is 15.0 Å². The molecule has 1 aromatic carbocycles. The van der Waals surface area contributed by atoms with Gasteiger partial charge in [-0.2, -0.15) is 0 Å². The van der Waals surface area contributed by atoms with Crippen molar-refractivity contribution in [3.63, 3.8) is 0 Å². The Morgan fingerprint density at radius 3 is 2.80 bits per heavy atom. The molecule has 0 radical (unpaired) electrons. The third kappa shape index (κ3) is 5.73. The molecule has 45 heavy (non-hydrogen) atoms. The molecule has 8 unspecified atom stereocenters. The number of fused-ring (bicyclic) bond motifs is 3.